The second kappa shape index (κ2) is 11.0. The Hall–Kier alpha value is -2.59. The predicted octanol–water partition coefficient (Wildman–Crippen LogP) is 5.60. The number of amides is 2. The van der Waals surface area contributed by atoms with Crippen LogP contribution in [-0.2, 0) is 4.79 Å². The molecule has 1 aromatic carbocycles. The zero-order valence-corrected chi connectivity index (χ0v) is 20.9. The first kappa shape index (κ1) is 25.0. The Bertz CT molecular complexity index is 1030. The SMILES string of the molecule is CC(C)NC(=O)N(c1cccc(-c2sc(C(=O)O)c(OCC(=O)O)c2Br)c1)C1CCCCC1. The molecule has 0 radical (unpaired) electrons. The lowest BCUT2D eigenvalue weighted by atomic mass is 9.93. The lowest BCUT2D eigenvalue weighted by molar-refractivity contribution is -0.139. The molecule has 1 aliphatic rings. The number of nitrogens with one attached hydrogen (secondary N) is 1. The number of thiophene rings is 1. The smallest absolute Gasteiger partial charge is 0.349 e. The summed E-state index contributed by atoms with van der Waals surface area (Å²) in [5, 5.41) is 21.5. The van der Waals surface area contributed by atoms with Crippen LogP contribution in [-0.4, -0.2) is 46.9 Å². The van der Waals surface area contributed by atoms with E-state index in [0.717, 1.165) is 49.1 Å². The van der Waals surface area contributed by atoms with Gasteiger partial charge in [0.15, 0.2) is 17.2 Å². The topological polar surface area (TPSA) is 116 Å². The van der Waals surface area contributed by atoms with Gasteiger partial charge in [-0.05, 0) is 60.3 Å². The Morgan fingerprint density at radius 2 is 1.91 bits per heavy atom. The minimum Gasteiger partial charge on any atom is -0.479 e. The Kier molecular flexibility index (Phi) is 8.36. The molecule has 3 rings (SSSR count). The van der Waals surface area contributed by atoms with Gasteiger partial charge >= 0.3 is 18.0 Å². The number of benzene rings is 1. The van der Waals surface area contributed by atoms with Gasteiger partial charge in [0.25, 0.3) is 0 Å². The molecule has 0 aliphatic heterocycles. The van der Waals surface area contributed by atoms with Gasteiger partial charge < -0.3 is 20.3 Å². The van der Waals surface area contributed by atoms with Gasteiger partial charge in [-0.2, -0.15) is 0 Å². The third kappa shape index (κ3) is 6.05. The maximum atomic E-state index is 13.1. The second-order valence-corrected chi connectivity index (χ2v) is 10.0. The van der Waals surface area contributed by atoms with Crippen LogP contribution in [0, 0.1) is 0 Å². The van der Waals surface area contributed by atoms with E-state index in [1.807, 2.05) is 43.0 Å². The van der Waals surface area contributed by atoms with Crippen LogP contribution >= 0.6 is 27.3 Å². The van der Waals surface area contributed by atoms with E-state index in [0.29, 0.717) is 14.9 Å². The molecule has 0 bridgehead atoms. The van der Waals surface area contributed by atoms with Crippen LogP contribution < -0.4 is 15.0 Å². The molecule has 0 saturated heterocycles. The summed E-state index contributed by atoms with van der Waals surface area (Å²) in [4.78, 5) is 38.1. The van der Waals surface area contributed by atoms with Gasteiger partial charge in [-0.15, -0.1) is 11.3 Å². The Morgan fingerprint density at radius 1 is 1.21 bits per heavy atom. The van der Waals surface area contributed by atoms with Gasteiger partial charge in [-0.25, -0.2) is 14.4 Å². The van der Waals surface area contributed by atoms with Crippen LogP contribution in [0.4, 0.5) is 10.5 Å². The predicted molar refractivity (Wildman–Crippen MR) is 131 cm³/mol. The number of rotatable bonds is 8. The number of urea groups is 1. The van der Waals surface area contributed by atoms with Gasteiger partial charge in [0.1, 0.15) is 0 Å². The summed E-state index contributed by atoms with van der Waals surface area (Å²) < 4.78 is 5.63. The van der Waals surface area contributed by atoms with Crippen molar-refractivity contribution in [1.82, 2.24) is 5.32 Å². The van der Waals surface area contributed by atoms with Gasteiger partial charge in [0.2, 0.25) is 0 Å². The first-order valence-electron chi connectivity index (χ1n) is 10.8. The zero-order valence-electron chi connectivity index (χ0n) is 18.5. The summed E-state index contributed by atoms with van der Waals surface area (Å²) in [7, 11) is 0. The standard InChI is InChI=1S/C23H27BrN2O6S/c1-13(2)25-23(31)26(15-8-4-3-5-9-15)16-10-6-7-14(11-16)20-18(24)19(32-12-17(27)28)21(33-20)22(29)30/h6-7,10-11,13,15H,3-5,8-9,12H2,1-2H3,(H,25,31)(H,27,28)(H,29,30). The summed E-state index contributed by atoms with van der Waals surface area (Å²) in [5.74, 6) is -2.42. The van der Waals surface area contributed by atoms with Crippen molar-refractivity contribution >= 4 is 50.9 Å². The van der Waals surface area contributed by atoms with Gasteiger partial charge in [-0.3, -0.25) is 4.90 Å². The van der Waals surface area contributed by atoms with Crippen LogP contribution in [0.15, 0.2) is 28.7 Å². The zero-order chi connectivity index (χ0) is 24.1. The lowest BCUT2D eigenvalue weighted by Gasteiger charge is -2.35. The number of carbonyl (C=O) groups excluding carboxylic acids is 1. The maximum Gasteiger partial charge on any atom is 0.349 e. The highest BCUT2D eigenvalue weighted by atomic mass is 79.9. The molecule has 2 aromatic rings. The Labute approximate surface area is 204 Å². The maximum absolute atomic E-state index is 13.1. The summed E-state index contributed by atoms with van der Waals surface area (Å²) in [6.45, 7) is 3.18. The lowest BCUT2D eigenvalue weighted by Crippen LogP contribution is -2.49. The number of carbonyl (C=O) groups is 3. The molecule has 1 aromatic heterocycles. The number of nitrogens with zero attached hydrogens (tertiary/aromatic N) is 1. The minimum atomic E-state index is -1.20. The van der Waals surface area contributed by atoms with Crippen LogP contribution in [0.3, 0.4) is 0 Å². The number of carboxylic acids is 2. The molecule has 1 fully saturated rings. The fourth-order valence-electron chi connectivity index (χ4n) is 3.93. The molecule has 2 amide bonds. The van der Waals surface area contributed by atoms with Crippen molar-refractivity contribution in [3.8, 4) is 16.2 Å². The van der Waals surface area contributed by atoms with E-state index in [1.165, 1.54) is 0 Å². The third-order valence-electron chi connectivity index (χ3n) is 5.30. The van der Waals surface area contributed by atoms with Crippen molar-refractivity contribution in [2.75, 3.05) is 11.5 Å². The first-order valence-corrected chi connectivity index (χ1v) is 12.4. The van der Waals surface area contributed by atoms with Crippen LogP contribution in [0.25, 0.3) is 10.4 Å². The Balaban J connectivity index is 2.02. The highest BCUT2D eigenvalue weighted by Crippen LogP contribution is 2.46. The molecule has 0 spiro atoms. The average molecular weight is 539 g/mol. The number of ether oxygens (including phenoxy) is 1. The molecule has 10 heteroatoms. The molecule has 0 unspecified atom stereocenters. The van der Waals surface area contributed by atoms with Crippen LogP contribution in [0.5, 0.6) is 5.75 Å². The van der Waals surface area contributed by atoms with Crippen LogP contribution in [0.1, 0.15) is 55.6 Å². The van der Waals surface area contributed by atoms with Gasteiger partial charge in [0.05, 0.1) is 9.35 Å². The molecule has 1 saturated carbocycles. The third-order valence-corrected chi connectivity index (χ3v) is 7.53. The fourth-order valence-corrected chi connectivity index (χ4v) is 5.82. The summed E-state index contributed by atoms with van der Waals surface area (Å²) >= 11 is 4.38. The highest BCUT2D eigenvalue weighted by molar-refractivity contribution is 9.10. The average Bonchev–Trinajstić information content (AvgIpc) is 3.09. The number of anilines is 1. The molecule has 8 nitrogen and oxygen atoms in total. The van der Waals surface area contributed by atoms with Crippen molar-refractivity contribution in [2.45, 2.75) is 58.0 Å². The van der Waals surface area contributed by atoms with Crippen LogP contribution in [0.2, 0.25) is 0 Å². The number of aromatic carboxylic acids is 1. The molecule has 1 aliphatic carbocycles. The second-order valence-electron chi connectivity index (χ2n) is 8.21. The first-order chi connectivity index (χ1) is 15.7. The Morgan fingerprint density at radius 3 is 2.52 bits per heavy atom. The van der Waals surface area contributed by atoms with Gasteiger partial charge in [0, 0.05) is 17.8 Å². The molecule has 1 heterocycles. The normalized spacial score (nSPS) is 14.2. The van der Waals surface area contributed by atoms with Gasteiger partial charge in [-0.1, -0.05) is 31.4 Å². The molecular formula is C23H27BrN2O6S. The van der Waals surface area contributed by atoms with E-state index in [9.17, 15) is 19.5 Å². The molecule has 3 N–H and O–H groups in total. The van der Waals surface area contributed by atoms with Crippen molar-refractivity contribution in [3.05, 3.63) is 33.6 Å². The van der Waals surface area contributed by atoms with Crippen molar-refractivity contribution in [1.29, 1.82) is 0 Å². The number of carboxylic acid groups (broad SMARTS) is 2. The number of aliphatic carboxylic acids is 1. The van der Waals surface area contributed by atoms with E-state index < -0.39 is 18.5 Å². The molecule has 178 valence electrons. The molecular weight excluding hydrogens is 512 g/mol. The van der Waals surface area contributed by atoms with E-state index in [1.54, 1.807) is 0 Å². The van der Waals surface area contributed by atoms with Crippen molar-refractivity contribution in [2.24, 2.45) is 0 Å². The molecule has 33 heavy (non-hydrogen) atoms. The number of hydrogen-bond donors (Lipinski definition) is 3. The summed E-state index contributed by atoms with van der Waals surface area (Å²) in [6, 6.07) is 7.31. The molecule has 0 atom stereocenters. The summed E-state index contributed by atoms with van der Waals surface area (Å²) in [5.41, 5.74) is 1.43. The summed E-state index contributed by atoms with van der Waals surface area (Å²) in [6.07, 6.45) is 5.15. The van der Waals surface area contributed by atoms with E-state index in [4.69, 9.17) is 9.84 Å². The monoisotopic (exact) mass is 538 g/mol. The number of halogens is 1. The quantitative estimate of drug-likeness (QED) is 0.403. The largest absolute Gasteiger partial charge is 0.479 e. The van der Waals surface area contributed by atoms with E-state index in [-0.39, 0.29) is 28.7 Å². The van der Waals surface area contributed by atoms with Crippen molar-refractivity contribution in [3.63, 3.8) is 0 Å². The van der Waals surface area contributed by atoms with E-state index >= 15 is 0 Å². The highest BCUT2D eigenvalue weighted by Gasteiger charge is 2.29. The minimum absolute atomic E-state index is 0.00900. The van der Waals surface area contributed by atoms with Crippen molar-refractivity contribution < 1.29 is 29.3 Å². The number of hydrogen-bond acceptors (Lipinski definition) is 5. The fraction of sp³-hybridized carbons (Fsp3) is 0.435. The van der Waals surface area contributed by atoms with E-state index in [2.05, 4.69) is 21.2 Å².